The van der Waals surface area contributed by atoms with Crippen molar-refractivity contribution in [1.82, 2.24) is 10.2 Å². The molecule has 2 aromatic rings. The molecule has 5 heterocycles. The molecule has 1 amide bonds. The molecule has 26 heavy (non-hydrogen) atoms. The van der Waals surface area contributed by atoms with E-state index >= 15 is 0 Å². The number of carbonyl (C=O) groups excluding carboxylic acids is 1. The number of nitrogens with zero attached hydrogens (tertiary/aromatic N) is 1. The van der Waals surface area contributed by atoms with Crippen LogP contribution in [0.25, 0.3) is 10.1 Å². The third-order valence-corrected chi connectivity index (χ3v) is 8.24. The molecule has 5 fully saturated rings. The zero-order valence-corrected chi connectivity index (χ0v) is 15.7. The first kappa shape index (κ1) is 15.6. The van der Waals surface area contributed by atoms with Gasteiger partial charge in [-0.2, -0.15) is 0 Å². The summed E-state index contributed by atoms with van der Waals surface area (Å²) in [6.45, 7) is 4.11. The number of nitrogens with one attached hydrogen (secondary N) is 1. The van der Waals surface area contributed by atoms with Gasteiger partial charge in [0.25, 0.3) is 5.91 Å². The van der Waals surface area contributed by atoms with Crippen molar-refractivity contribution in [1.29, 1.82) is 0 Å². The summed E-state index contributed by atoms with van der Waals surface area (Å²) in [6, 6.07) is 9.02. The Morgan fingerprint density at radius 1 is 1.19 bits per heavy atom. The van der Waals surface area contributed by atoms with Crippen LogP contribution in [-0.2, 0) is 4.74 Å². The van der Waals surface area contributed by atoms with Crippen LogP contribution in [0.15, 0.2) is 24.3 Å². The molecule has 1 aromatic heterocycles. The van der Waals surface area contributed by atoms with Crippen molar-refractivity contribution in [2.75, 3.05) is 26.3 Å². The Labute approximate surface area is 157 Å². The second-order valence-corrected chi connectivity index (χ2v) is 9.61. The van der Waals surface area contributed by atoms with E-state index in [9.17, 15) is 4.79 Å². The molecule has 4 nitrogen and oxygen atoms in total. The quantitative estimate of drug-likeness (QED) is 0.903. The van der Waals surface area contributed by atoms with Gasteiger partial charge in [0, 0.05) is 16.2 Å². The average Bonchev–Trinajstić information content (AvgIpc) is 3.27. The highest BCUT2D eigenvalue weighted by atomic mass is 32.1. The van der Waals surface area contributed by atoms with Gasteiger partial charge >= 0.3 is 0 Å². The number of rotatable bonds is 3. The fourth-order valence-corrected chi connectivity index (χ4v) is 6.39. The van der Waals surface area contributed by atoms with Crippen LogP contribution in [-0.4, -0.2) is 48.7 Å². The number of hydrogen-bond donors (Lipinski definition) is 1. The highest BCUT2D eigenvalue weighted by molar-refractivity contribution is 7.20. The van der Waals surface area contributed by atoms with Gasteiger partial charge < -0.3 is 10.1 Å². The number of carbonyl (C=O) groups is 1. The molecule has 5 aliphatic rings. The maximum Gasteiger partial charge on any atom is 0.261 e. The van der Waals surface area contributed by atoms with E-state index < -0.39 is 0 Å². The van der Waals surface area contributed by atoms with E-state index in [-0.39, 0.29) is 5.91 Å². The summed E-state index contributed by atoms with van der Waals surface area (Å²) in [5.41, 5.74) is 1.64. The number of benzene rings is 1. The summed E-state index contributed by atoms with van der Waals surface area (Å²) in [4.78, 5) is 16.5. The van der Waals surface area contributed by atoms with Crippen LogP contribution in [0.1, 0.15) is 46.8 Å². The van der Waals surface area contributed by atoms with Gasteiger partial charge in [-0.05, 0) is 67.8 Å². The first-order valence-electron chi connectivity index (χ1n) is 9.90. The Bertz CT molecular complexity index is 875. The predicted molar refractivity (Wildman–Crippen MR) is 103 cm³/mol. The molecule has 5 heteroatoms. The molecule has 1 atom stereocenters. The molecule has 0 radical (unpaired) electrons. The molecule has 1 aliphatic carbocycles. The Morgan fingerprint density at radius 3 is 2.69 bits per heavy atom. The van der Waals surface area contributed by atoms with E-state index in [4.69, 9.17) is 4.74 Å². The van der Waals surface area contributed by atoms with Crippen molar-refractivity contribution >= 4 is 27.3 Å². The molecular formula is C21H24N2O2S. The zero-order valence-electron chi connectivity index (χ0n) is 14.9. The Balaban J connectivity index is 1.26. The Morgan fingerprint density at radius 2 is 2.00 bits per heavy atom. The first-order valence-corrected chi connectivity index (χ1v) is 10.7. The normalized spacial score (nSPS) is 31.9. The van der Waals surface area contributed by atoms with Gasteiger partial charge in [0.15, 0.2) is 0 Å². The van der Waals surface area contributed by atoms with Crippen molar-refractivity contribution < 1.29 is 9.53 Å². The molecule has 4 saturated heterocycles. The van der Waals surface area contributed by atoms with Gasteiger partial charge in [0.05, 0.1) is 24.1 Å². The van der Waals surface area contributed by atoms with Gasteiger partial charge in [0.2, 0.25) is 0 Å². The van der Waals surface area contributed by atoms with Crippen LogP contribution in [0.3, 0.4) is 0 Å². The Kier molecular flexibility index (Phi) is 3.32. The van der Waals surface area contributed by atoms with Crippen molar-refractivity contribution in [2.45, 2.75) is 43.2 Å². The number of ether oxygens (including phenoxy) is 1. The summed E-state index contributed by atoms with van der Waals surface area (Å²) in [5.74, 6) is 1.33. The SMILES string of the molecule is O=C(N[C@H]1C2CCN(CC2)C12CC2)c1cc2ccc(C3COC3)cc2s1. The molecular weight excluding hydrogens is 344 g/mol. The third kappa shape index (κ3) is 2.23. The molecule has 1 saturated carbocycles. The van der Waals surface area contributed by atoms with Crippen molar-refractivity contribution in [2.24, 2.45) is 5.92 Å². The molecule has 0 unspecified atom stereocenters. The fraction of sp³-hybridized carbons (Fsp3) is 0.571. The van der Waals surface area contributed by atoms with Crippen LogP contribution in [0.5, 0.6) is 0 Å². The zero-order chi connectivity index (χ0) is 17.3. The smallest absolute Gasteiger partial charge is 0.261 e. The van der Waals surface area contributed by atoms with Gasteiger partial charge in [-0.1, -0.05) is 12.1 Å². The first-order chi connectivity index (χ1) is 12.7. The molecule has 1 spiro atoms. The minimum atomic E-state index is 0.129. The molecule has 136 valence electrons. The summed E-state index contributed by atoms with van der Waals surface area (Å²) in [5, 5.41) is 4.63. The second kappa shape index (κ2) is 5.54. The topological polar surface area (TPSA) is 41.6 Å². The average molecular weight is 369 g/mol. The fourth-order valence-electron chi connectivity index (χ4n) is 5.38. The maximum atomic E-state index is 13.0. The van der Waals surface area contributed by atoms with Gasteiger partial charge in [-0.15, -0.1) is 11.3 Å². The number of hydrogen-bond acceptors (Lipinski definition) is 4. The molecule has 1 aromatic carbocycles. The minimum Gasteiger partial charge on any atom is -0.380 e. The molecule has 7 rings (SSSR count). The van der Waals surface area contributed by atoms with Crippen molar-refractivity contribution in [3.8, 4) is 0 Å². The van der Waals surface area contributed by atoms with Crippen molar-refractivity contribution in [3.05, 3.63) is 34.7 Å². The van der Waals surface area contributed by atoms with Crippen molar-refractivity contribution in [3.63, 3.8) is 0 Å². The largest absolute Gasteiger partial charge is 0.380 e. The lowest BCUT2D eigenvalue weighted by atomic mass is 9.77. The maximum absolute atomic E-state index is 13.0. The van der Waals surface area contributed by atoms with E-state index in [0.717, 1.165) is 18.1 Å². The van der Waals surface area contributed by atoms with Crippen LogP contribution in [0, 0.1) is 5.92 Å². The van der Waals surface area contributed by atoms with E-state index in [1.165, 1.54) is 54.4 Å². The van der Waals surface area contributed by atoms with E-state index in [1.807, 2.05) is 0 Å². The monoisotopic (exact) mass is 368 g/mol. The summed E-state index contributed by atoms with van der Waals surface area (Å²) in [6.07, 6.45) is 5.00. The van der Waals surface area contributed by atoms with E-state index in [0.29, 0.717) is 23.4 Å². The number of amides is 1. The lowest BCUT2D eigenvalue weighted by Gasteiger charge is -2.52. The highest BCUT2D eigenvalue weighted by Gasteiger charge is 2.60. The molecule has 2 bridgehead atoms. The van der Waals surface area contributed by atoms with Crippen LogP contribution in [0.4, 0.5) is 0 Å². The van der Waals surface area contributed by atoms with Gasteiger partial charge in [0.1, 0.15) is 0 Å². The molecule has 1 N–H and O–H groups in total. The van der Waals surface area contributed by atoms with Crippen LogP contribution < -0.4 is 5.32 Å². The summed E-state index contributed by atoms with van der Waals surface area (Å²) >= 11 is 1.63. The number of piperidine rings is 3. The van der Waals surface area contributed by atoms with Gasteiger partial charge in [-0.25, -0.2) is 0 Å². The number of fused-ring (bicyclic) bond motifs is 3. The summed E-state index contributed by atoms with van der Waals surface area (Å²) < 4.78 is 6.53. The van der Waals surface area contributed by atoms with Crippen LogP contribution in [0.2, 0.25) is 0 Å². The summed E-state index contributed by atoms with van der Waals surface area (Å²) in [7, 11) is 0. The van der Waals surface area contributed by atoms with Gasteiger partial charge in [-0.3, -0.25) is 9.69 Å². The predicted octanol–water partition coefficient (Wildman–Crippen LogP) is 3.37. The minimum absolute atomic E-state index is 0.129. The third-order valence-electron chi connectivity index (χ3n) is 7.15. The second-order valence-electron chi connectivity index (χ2n) is 8.52. The molecule has 4 aliphatic heterocycles. The Hall–Kier alpha value is -1.43. The lowest BCUT2D eigenvalue weighted by molar-refractivity contribution is -0.00138. The lowest BCUT2D eigenvalue weighted by Crippen LogP contribution is -2.65. The highest BCUT2D eigenvalue weighted by Crippen LogP contribution is 2.53. The van der Waals surface area contributed by atoms with Crippen LogP contribution >= 0.6 is 11.3 Å². The van der Waals surface area contributed by atoms with E-state index in [1.54, 1.807) is 11.3 Å². The number of thiophene rings is 1. The van der Waals surface area contributed by atoms with E-state index in [2.05, 4.69) is 34.5 Å². The standard InChI is InChI=1S/C21H24N2O2S/c24-20(22-19-13-3-7-23(8-4-13)21(19)5-6-21)18-10-15-2-1-14(9-17(15)26-18)16-11-25-12-16/h1-2,9-10,13,16,19H,3-8,11-12H2,(H,22,24)/t19-/m0/s1.